The van der Waals surface area contributed by atoms with E-state index in [1.165, 1.54) is 11.2 Å². The summed E-state index contributed by atoms with van der Waals surface area (Å²) >= 11 is 0. The van der Waals surface area contributed by atoms with Gasteiger partial charge >= 0.3 is 0 Å². The van der Waals surface area contributed by atoms with Crippen molar-refractivity contribution in [1.29, 1.82) is 5.26 Å². The lowest BCUT2D eigenvalue weighted by Gasteiger charge is -2.11. The first-order valence-electron chi connectivity index (χ1n) is 5.81. The van der Waals surface area contributed by atoms with E-state index in [-0.39, 0.29) is 18.9 Å². The predicted molar refractivity (Wildman–Crippen MR) is 68.9 cm³/mol. The summed E-state index contributed by atoms with van der Waals surface area (Å²) in [5.74, 6) is 0.334. The van der Waals surface area contributed by atoms with Gasteiger partial charge < -0.3 is 9.32 Å². The van der Waals surface area contributed by atoms with Gasteiger partial charge in [0.05, 0.1) is 18.2 Å². The molecule has 0 fully saturated rings. The summed E-state index contributed by atoms with van der Waals surface area (Å²) in [4.78, 5) is 17.4. The van der Waals surface area contributed by atoms with Gasteiger partial charge in [-0.1, -0.05) is 18.2 Å². The van der Waals surface area contributed by atoms with Crippen LogP contribution in [0.1, 0.15) is 5.69 Å². The van der Waals surface area contributed by atoms with Crippen LogP contribution in [0.5, 0.6) is 0 Å². The molecule has 1 amide bonds. The second-order valence-electron chi connectivity index (χ2n) is 4.09. The van der Waals surface area contributed by atoms with E-state index >= 15 is 0 Å². The van der Waals surface area contributed by atoms with E-state index in [1.54, 1.807) is 7.05 Å². The van der Waals surface area contributed by atoms with Crippen molar-refractivity contribution in [1.82, 2.24) is 9.88 Å². The lowest BCUT2D eigenvalue weighted by atomic mass is 10.2. The van der Waals surface area contributed by atoms with Crippen LogP contribution in [0, 0.1) is 11.3 Å². The lowest BCUT2D eigenvalue weighted by molar-refractivity contribution is -0.128. The molecule has 5 heteroatoms. The molecule has 0 aliphatic carbocycles. The molecule has 0 atom stereocenters. The van der Waals surface area contributed by atoms with Crippen LogP contribution in [0.25, 0.3) is 11.5 Å². The molecule has 0 saturated heterocycles. The predicted octanol–water partition coefficient (Wildman–Crippen LogP) is 1.87. The first-order chi connectivity index (χ1) is 9.20. The standard InChI is InChI=1S/C14H13N3O2/c1-17(8-7-15)13(18)9-12-10-19-14(16-12)11-5-3-2-4-6-11/h2-6,10H,8-9H2,1H3. The Bertz CT molecular complexity index is 599. The highest BCUT2D eigenvalue weighted by Crippen LogP contribution is 2.18. The Kier molecular flexibility index (Phi) is 3.94. The number of amides is 1. The maximum Gasteiger partial charge on any atom is 0.229 e. The van der Waals surface area contributed by atoms with E-state index < -0.39 is 0 Å². The van der Waals surface area contributed by atoms with Crippen LogP contribution in [0.15, 0.2) is 41.0 Å². The summed E-state index contributed by atoms with van der Waals surface area (Å²) < 4.78 is 5.34. The number of nitriles is 1. The molecular formula is C14H13N3O2. The molecule has 0 aliphatic rings. The number of likely N-dealkylation sites (N-methyl/N-ethyl adjacent to an activating group) is 1. The van der Waals surface area contributed by atoms with Crippen LogP contribution in [0.3, 0.4) is 0 Å². The van der Waals surface area contributed by atoms with Gasteiger partial charge in [-0.05, 0) is 12.1 Å². The first-order valence-corrected chi connectivity index (χ1v) is 5.81. The molecule has 0 aliphatic heterocycles. The van der Waals surface area contributed by atoms with Crippen molar-refractivity contribution in [2.24, 2.45) is 0 Å². The van der Waals surface area contributed by atoms with E-state index in [4.69, 9.17) is 9.68 Å². The van der Waals surface area contributed by atoms with E-state index in [2.05, 4.69) is 4.98 Å². The molecule has 2 aromatic rings. The summed E-state index contributed by atoms with van der Waals surface area (Å²) in [7, 11) is 1.59. The van der Waals surface area contributed by atoms with Gasteiger partial charge in [-0.15, -0.1) is 0 Å². The first kappa shape index (κ1) is 12.8. The molecule has 1 heterocycles. The third kappa shape index (κ3) is 3.19. The van der Waals surface area contributed by atoms with Crippen molar-refractivity contribution in [3.8, 4) is 17.5 Å². The molecule has 0 unspecified atom stereocenters. The normalized spacial score (nSPS) is 9.89. The summed E-state index contributed by atoms with van der Waals surface area (Å²) in [6.07, 6.45) is 1.61. The molecule has 0 radical (unpaired) electrons. The summed E-state index contributed by atoms with van der Waals surface area (Å²) in [5, 5.41) is 8.53. The highest BCUT2D eigenvalue weighted by molar-refractivity contribution is 5.78. The number of oxazole rings is 1. The van der Waals surface area contributed by atoms with Crippen molar-refractivity contribution in [2.75, 3.05) is 13.6 Å². The fourth-order valence-corrected chi connectivity index (χ4v) is 1.59. The number of carbonyl (C=O) groups is 1. The third-order valence-electron chi connectivity index (χ3n) is 2.64. The molecule has 5 nitrogen and oxygen atoms in total. The third-order valence-corrected chi connectivity index (χ3v) is 2.64. The number of rotatable bonds is 4. The van der Waals surface area contributed by atoms with Gasteiger partial charge in [0.15, 0.2) is 0 Å². The van der Waals surface area contributed by atoms with Crippen LogP contribution in [0.4, 0.5) is 0 Å². The largest absolute Gasteiger partial charge is 0.444 e. The number of benzene rings is 1. The minimum atomic E-state index is -0.158. The number of nitrogens with zero attached hydrogens (tertiary/aromatic N) is 3. The zero-order valence-corrected chi connectivity index (χ0v) is 10.5. The van der Waals surface area contributed by atoms with Gasteiger partial charge in [0.1, 0.15) is 12.8 Å². The van der Waals surface area contributed by atoms with Gasteiger partial charge in [0.25, 0.3) is 0 Å². The Morgan fingerprint density at radius 1 is 1.42 bits per heavy atom. The number of hydrogen-bond donors (Lipinski definition) is 0. The minimum absolute atomic E-state index is 0.0717. The fourth-order valence-electron chi connectivity index (χ4n) is 1.59. The van der Waals surface area contributed by atoms with Gasteiger partial charge in [0, 0.05) is 12.6 Å². The molecule has 2 rings (SSSR count). The van der Waals surface area contributed by atoms with E-state index in [1.807, 2.05) is 36.4 Å². The van der Waals surface area contributed by atoms with Crippen molar-refractivity contribution in [3.63, 3.8) is 0 Å². The molecule has 19 heavy (non-hydrogen) atoms. The van der Waals surface area contributed by atoms with Gasteiger partial charge in [-0.2, -0.15) is 5.26 Å². The lowest BCUT2D eigenvalue weighted by Crippen LogP contribution is -2.28. The Morgan fingerprint density at radius 2 is 2.16 bits per heavy atom. The zero-order valence-electron chi connectivity index (χ0n) is 10.5. The second-order valence-corrected chi connectivity index (χ2v) is 4.09. The summed E-state index contributed by atoms with van der Waals surface area (Å²) in [6, 6.07) is 11.4. The Hall–Kier alpha value is -2.61. The quantitative estimate of drug-likeness (QED) is 0.782. The van der Waals surface area contributed by atoms with Gasteiger partial charge in [-0.3, -0.25) is 4.79 Å². The van der Waals surface area contributed by atoms with Gasteiger partial charge in [0.2, 0.25) is 11.8 Å². The fraction of sp³-hybridized carbons (Fsp3) is 0.214. The Labute approximate surface area is 111 Å². The maximum atomic E-state index is 11.7. The highest BCUT2D eigenvalue weighted by atomic mass is 16.3. The molecule has 1 aromatic carbocycles. The Morgan fingerprint density at radius 3 is 2.84 bits per heavy atom. The SMILES string of the molecule is CN(CC#N)C(=O)Cc1coc(-c2ccccc2)n1. The smallest absolute Gasteiger partial charge is 0.229 e. The molecule has 1 aromatic heterocycles. The van der Waals surface area contributed by atoms with Crippen molar-refractivity contribution < 1.29 is 9.21 Å². The van der Waals surface area contributed by atoms with Gasteiger partial charge in [-0.25, -0.2) is 4.98 Å². The highest BCUT2D eigenvalue weighted by Gasteiger charge is 2.13. The van der Waals surface area contributed by atoms with Crippen LogP contribution < -0.4 is 0 Å². The Balaban J connectivity index is 2.06. The molecule has 96 valence electrons. The topological polar surface area (TPSA) is 70.1 Å². The van der Waals surface area contributed by atoms with Crippen LogP contribution in [0.2, 0.25) is 0 Å². The molecular weight excluding hydrogens is 242 g/mol. The van der Waals surface area contributed by atoms with E-state index in [0.717, 1.165) is 5.56 Å². The van der Waals surface area contributed by atoms with E-state index in [0.29, 0.717) is 11.6 Å². The van der Waals surface area contributed by atoms with Crippen molar-refractivity contribution in [3.05, 3.63) is 42.3 Å². The maximum absolute atomic E-state index is 11.7. The van der Waals surface area contributed by atoms with Crippen molar-refractivity contribution in [2.45, 2.75) is 6.42 Å². The molecule has 0 saturated carbocycles. The molecule has 0 spiro atoms. The molecule has 0 N–H and O–H groups in total. The van der Waals surface area contributed by atoms with Crippen molar-refractivity contribution >= 4 is 5.91 Å². The van der Waals surface area contributed by atoms with Crippen LogP contribution in [-0.2, 0) is 11.2 Å². The summed E-state index contributed by atoms with van der Waals surface area (Å²) in [5.41, 5.74) is 1.43. The molecule has 0 bridgehead atoms. The average Bonchev–Trinajstić information content (AvgIpc) is 2.88. The second kappa shape index (κ2) is 5.83. The number of carbonyl (C=O) groups excluding carboxylic acids is 1. The minimum Gasteiger partial charge on any atom is -0.444 e. The summed E-state index contributed by atoms with van der Waals surface area (Å²) in [6.45, 7) is 0.0717. The van der Waals surface area contributed by atoms with E-state index in [9.17, 15) is 4.79 Å². The van der Waals surface area contributed by atoms with Crippen LogP contribution >= 0.6 is 0 Å². The monoisotopic (exact) mass is 255 g/mol. The number of aromatic nitrogens is 1. The zero-order chi connectivity index (χ0) is 13.7. The average molecular weight is 255 g/mol. The van der Waals surface area contributed by atoms with Crippen LogP contribution in [-0.4, -0.2) is 29.4 Å². The number of hydrogen-bond acceptors (Lipinski definition) is 4.